The molecule has 0 atom stereocenters. The summed E-state index contributed by atoms with van der Waals surface area (Å²) in [5, 5.41) is 8.17. The summed E-state index contributed by atoms with van der Waals surface area (Å²) < 4.78 is 8.70. The van der Waals surface area contributed by atoms with Crippen LogP contribution in [0.2, 0.25) is 0 Å². The largest absolute Gasteiger partial charge is 0.419 e. The number of benzene rings is 1. The molecule has 0 spiro atoms. The van der Waals surface area contributed by atoms with Gasteiger partial charge in [-0.3, -0.25) is 0 Å². The van der Waals surface area contributed by atoms with Gasteiger partial charge in [-0.15, -0.1) is 10.2 Å². The van der Waals surface area contributed by atoms with Gasteiger partial charge in [0.25, 0.3) is 0 Å². The lowest BCUT2D eigenvalue weighted by Crippen LogP contribution is -2.00. The number of hydrogen-bond donors (Lipinski definition) is 0. The number of aromatic nitrogens is 4. The molecule has 5 nitrogen and oxygen atoms in total. The lowest BCUT2D eigenvalue weighted by molar-refractivity contribution is 0.485. The summed E-state index contributed by atoms with van der Waals surface area (Å²) in [6, 6.07) is 7.77. The molecule has 0 fully saturated rings. The van der Waals surface area contributed by atoms with Gasteiger partial charge in [0.05, 0.1) is 12.0 Å². The molecular weight excluding hydrogens is 320 g/mol. The number of hydrogen-bond acceptors (Lipinski definition) is 4. The summed E-state index contributed by atoms with van der Waals surface area (Å²) >= 11 is 3.40. The summed E-state index contributed by atoms with van der Waals surface area (Å²) in [6.45, 7) is 4.54. The predicted octanol–water partition coefficient (Wildman–Crippen LogP) is 3.36. The molecule has 0 bridgehead atoms. The summed E-state index contributed by atoms with van der Waals surface area (Å²) in [4.78, 5) is 4.25. The van der Waals surface area contributed by atoms with Crippen LogP contribution < -0.4 is 0 Å². The van der Waals surface area contributed by atoms with Crippen molar-refractivity contribution in [3.63, 3.8) is 0 Å². The number of nitrogens with zero attached hydrogens (tertiary/aromatic N) is 4. The molecule has 6 heteroatoms. The van der Waals surface area contributed by atoms with Crippen molar-refractivity contribution in [3.8, 4) is 11.5 Å². The Balaban J connectivity index is 1.83. The van der Waals surface area contributed by atoms with Gasteiger partial charge in [0.15, 0.2) is 0 Å². The SMILES string of the molecule is Cc1ncn(Cc2nnc(-c3ccc(Br)cc3)o2)c1C. The van der Waals surface area contributed by atoms with Crippen molar-refractivity contribution in [3.05, 3.63) is 52.3 Å². The summed E-state index contributed by atoms with van der Waals surface area (Å²) in [6.07, 6.45) is 1.79. The highest BCUT2D eigenvalue weighted by Crippen LogP contribution is 2.21. The highest BCUT2D eigenvalue weighted by Gasteiger charge is 2.10. The molecule has 3 aromatic rings. The van der Waals surface area contributed by atoms with Crippen LogP contribution in [0.5, 0.6) is 0 Å². The third-order valence-electron chi connectivity index (χ3n) is 3.21. The van der Waals surface area contributed by atoms with Crippen molar-refractivity contribution < 1.29 is 4.42 Å². The van der Waals surface area contributed by atoms with Gasteiger partial charge in [-0.2, -0.15) is 0 Å². The Hall–Kier alpha value is -1.95. The number of imidazole rings is 1. The maximum Gasteiger partial charge on any atom is 0.247 e. The minimum Gasteiger partial charge on any atom is -0.419 e. The fourth-order valence-corrected chi connectivity index (χ4v) is 2.14. The first kappa shape index (κ1) is 13.1. The van der Waals surface area contributed by atoms with Crippen LogP contribution in [0.15, 0.2) is 39.5 Å². The van der Waals surface area contributed by atoms with E-state index in [9.17, 15) is 0 Å². The average Bonchev–Trinajstić information content (AvgIpc) is 3.02. The fourth-order valence-electron chi connectivity index (χ4n) is 1.88. The Morgan fingerprint density at radius 1 is 1.15 bits per heavy atom. The lowest BCUT2D eigenvalue weighted by Gasteiger charge is -2.00. The van der Waals surface area contributed by atoms with E-state index in [1.807, 2.05) is 42.7 Å². The monoisotopic (exact) mass is 332 g/mol. The van der Waals surface area contributed by atoms with E-state index in [1.165, 1.54) is 0 Å². The van der Waals surface area contributed by atoms with Crippen molar-refractivity contribution in [2.45, 2.75) is 20.4 Å². The zero-order valence-corrected chi connectivity index (χ0v) is 12.8. The van der Waals surface area contributed by atoms with E-state index >= 15 is 0 Å². The van der Waals surface area contributed by atoms with Gasteiger partial charge in [0.1, 0.15) is 6.54 Å². The van der Waals surface area contributed by atoms with Crippen molar-refractivity contribution in [2.24, 2.45) is 0 Å². The molecule has 0 unspecified atom stereocenters. The Bertz CT molecular complexity index is 730. The highest BCUT2D eigenvalue weighted by atomic mass is 79.9. The lowest BCUT2D eigenvalue weighted by atomic mass is 10.2. The van der Waals surface area contributed by atoms with Gasteiger partial charge < -0.3 is 8.98 Å². The fraction of sp³-hybridized carbons (Fsp3) is 0.214. The first-order valence-electron chi connectivity index (χ1n) is 6.20. The van der Waals surface area contributed by atoms with Gasteiger partial charge in [-0.25, -0.2) is 4.98 Å². The van der Waals surface area contributed by atoms with Gasteiger partial charge >= 0.3 is 0 Å². The molecule has 102 valence electrons. The van der Waals surface area contributed by atoms with E-state index in [4.69, 9.17) is 4.42 Å². The van der Waals surface area contributed by atoms with E-state index in [-0.39, 0.29) is 0 Å². The zero-order chi connectivity index (χ0) is 14.1. The van der Waals surface area contributed by atoms with Crippen LogP contribution in [0.3, 0.4) is 0 Å². The second kappa shape index (κ2) is 5.20. The van der Waals surface area contributed by atoms with Crippen molar-refractivity contribution in [1.29, 1.82) is 0 Å². The predicted molar refractivity (Wildman–Crippen MR) is 78.2 cm³/mol. The molecule has 2 aromatic heterocycles. The van der Waals surface area contributed by atoms with Crippen molar-refractivity contribution in [1.82, 2.24) is 19.7 Å². The molecule has 20 heavy (non-hydrogen) atoms. The minimum atomic E-state index is 0.530. The molecule has 0 amide bonds. The van der Waals surface area contributed by atoms with E-state index in [0.29, 0.717) is 18.3 Å². The van der Waals surface area contributed by atoms with E-state index in [2.05, 4.69) is 31.1 Å². The first-order chi connectivity index (χ1) is 9.63. The number of halogens is 1. The van der Waals surface area contributed by atoms with Crippen LogP contribution in [-0.2, 0) is 6.54 Å². The Kier molecular flexibility index (Phi) is 3.40. The number of aryl methyl sites for hydroxylation is 1. The van der Waals surface area contributed by atoms with Crippen LogP contribution in [-0.4, -0.2) is 19.7 Å². The van der Waals surface area contributed by atoms with Crippen LogP contribution in [0.25, 0.3) is 11.5 Å². The van der Waals surface area contributed by atoms with E-state index in [0.717, 1.165) is 21.4 Å². The normalized spacial score (nSPS) is 10.9. The maximum absolute atomic E-state index is 5.69. The molecule has 0 radical (unpaired) electrons. The Labute approximate surface area is 124 Å². The Morgan fingerprint density at radius 3 is 2.55 bits per heavy atom. The van der Waals surface area contributed by atoms with Gasteiger partial charge in [-0.1, -0.05) is 15.9 Å². The highest BCUT2D eigenvalue weighted by molar-refractivity contribution is 9.10. The van der Waals surface area contributed by atoms with Crippen LogP contribution in [0, 0.1) is 13.8 Å². The van der Waals surface area contributed by atoms with Gasteiger partial charge in [0.2, 0.25) is 11.8 Å². The standard InChI is InChI=1S/C14H13BrN4O/c1-9-10(2)19(8-16-9)7-13-17-18-14(20-13)11-3-5-12(15)6-4-11/h3-6,8H,7H2,1-2H3. The molecule has 0 aliphatic heterocycles. The molecule has 0 saturated heterocycles. The molecule has 0 aliphatic carbocycles. The van der Waals surface area contributed by atoms with Crippen LogP contribution in [0.1, 0.15) is 17.3 Å². The molecule has 0 N–H and O–H groups in total. The topological polar surface area (TPSA) is 56.7 Å². The molecular formula is C14H13BrN4O. The minimum absolute atomic E-state index is 0.530. The first-order valence-corrected chi connectivity index (χ1v) is 6.99. The second-order valence-corrected chi connectivity index (χ2v) is 5.47. The molecule has 2 heterocycles. The zero-order valence-electron chi connectivity index (χ0n) is 11.2. The maximum atomic E-state index is 5.69. The number of rotatable bonds is 3. The molecule has 0 saturated carbocycles. The average molecular weight is 333 g/mol. The third kappa shape index (κ3) is 2.51. The van der Waals surface area contributed by atoms with Crippen molar-refractivity contribution >= 4 is 15.9 Å². The van der Waals surface area contributed by atoms with Crippen LogP contribution in [0.4, 0.5) is 0 Å². The molecule has 0 aliphatic rings. The summed E-state index contributed by atoms with van der Waals surface area (Å²) in [5.74, 6) is 1.10. The van der Waals surface area contributed by atoms with E-state index in [1.54, 1.807) is 6.33 Å². The van der Waals surface area contributed by atoms with Crippen molar-refractivity contribution in [2.75, 3.05) is 0 Å². The second-order valence-electron chi connectivity index (χ2n) is 4.55. The van der Waals surface area contributed by atoms with E-state index < -0.39 is 0 Å². The third-order valence-corrected chi connectivity index (χ3v) is 3.74. The van der Waals surface area contributed by atoms with Crippen LogP contribution >= 0.6 is 15.9 Å². The smallest absolute Gasteiger partial charge is 0.247 e. The van der Waals surface area contributed by atoms with Gasteiger partial charge in [-0.05, 0) is 38.1 Å². The molecule has 3 rings (SSSR count). The van der Waals surface area contributed by atoms with Gasteiger partial charge in [0, 0.05) is 15.7 Å². The summed E-state index contributed by atoms with van der Waals surface area (Å²) in [5.41, 5.74) is 3.02. The molecule has 1 aromatic carbocycles. The summed E-state index contributed by atoms with van der Waals surface area (Å²) in [7, 11) is 0. The quantitative estimate of drug-likeness (QED) is 0.737. The Morgan fingerprint density at radius 2 is 1.90 bits per heavy atom.